The minimum absolute atomic E-state index is 0.0596. The van der Waals surface area contributed by atoms with Gasteiger partial charge in [0.05, 0.1) is 6.42 Å². The van der Waals surface area contributed by atoms with Crippen molar-refractivity contribution in [3.8, 4) is 0 Å². The highest BCUT2D eigenvalue weighted by molar-refractivity contribution is 5.98. The Bertz CT molecular complexity index is 797. The predicted molar refractivity (Wildman–Crippen MR) is 96.0 cm³/mol. The predicted octanol–water partition coefficient (Wildman–Crippen LogP) is 3.03. The van der Waals surface area contributed by atoms with Gasteiger partial charge in [-0.3, -0.25) is 19.2 Å². The highest BCUT2D eigenvalue weighted by Gasteiger charge is 2.12. The smallest absolute Gasteiger partial charge is 0.306 e. The first kappa shape index (κ1) is 19.1. The van der Waals surface area contributed by atoms with Gasteiger partial charge in [0.25, 0.3) is 0 Å². The molecule has 0 aliphatic carbocycles. The van der Waals surface area contributed by atoms with E-state index in [1.165, 1.54) is 6.92 Å². The number of nitrogens with one attached hydrogen (secondary N) is 1. The van der Waals surface area contributed by atoms with Crippen LogP contribution in [0.25, 0.3) is 0 Å². The van der Waals surface area contributed by atoms with E-state index in [1.54, 1.807) is 54.6 Å². The average molecular weight is 353 g/mol. The largest absolute Gasteiger partial charge is 0.457 e. The summed E-state index contributed by atoms with van der Waals surface area (Å²) in [7, 11) is 0. The van der Waals surface area contributed by atoms with E-state index in [1.807, 2.05) is 0 Å². The maximum atomic E-state index is 11.8. The molecule has 0 atom stereocenters. The van der Waals surface area contributed by atoms with Crippen molar-refractivity contribution in [3.05, 3.63) is 65.7 Å². The van der Waals surface area contributed by atoms with Gasteiger partial charge in [-0.15, -0.1) is 0 Å². The van der Waals surface area contributed by atoms with Gasteiger partial charge in [-0.2, -0.15) is 0 Å². The Morgan fingerprint density at radius 2 is 1.50 bits per heavy atom. The van der Waals surface area contributed by atoms with E-state index >= 15 is 0 Å². The number of hydrogen-bond donors (Lipinski definition) is 1. The van der Waals surface area contributed by atoms with E-state index in [2.05, 4.69) is 5.32 Å². The maximum Gasteiger partial charge on any atom is 0.306 e. The van der Waals surface area contributed by atoms with Gasteiger partial charge in [-0.05, 0) is 31.2 Å². The number of anilines is 1. The Hall–Kier alpha value is -3.28. The lowest BCUT2D eigenvalue weighted by molar-refractivity contribution is -0.143. The summed E-state index contributed by atoms with van der Waals surface area (Å²) in [5.74, 6) is -1.33. The van der Waals surface area contributed by atoms with Crippen LogP contribution in [0, 0.1) is 0 Å². The Morgan fingerprint density at radius 1 is 0.846 bits per heavy atom. The third-order valence-electron chi connectivity index (χ3n) is 3.59. The molecule has 6 nitrogen and oxygen atoms in total. The molecule has 2 aromatic rings. The second kappa shape index (κ2) is 9.27. The van der Waals surface area contributed by atoms with Crippen molar-refractivity contribution in [2.24, 2.45) is 0 Å². The molecule has 0 aliphatic heterocycles. The van der Waals surface area contributed by atoms with Crippen LogP contribution in [-0.4, -0.2) is 30.0 Å². The molecule has 1 amide bonds. The molecule has 134 valence electrons. The second-order valence-corrected chi connectivity index (χ2v) is 5.63. The van der Waals surface area contributed by atoms with E-state index in [-0.39, 0.29) is 36.9 Å². The van der Waals surface area contributed by atoms with E-state index in [0.29, 0.717) is 16.8 Å². The number of Topliss-reactive ketones (excluding diaryl/α,β-unsaturated/α-hetero) is 2. The molecule has 1 N–H and O–H groups in total. The average Bonchev–Trinajstić information content (AvgIpc) is 2.65. The van der Waals surface area contributed by atoms with Crippen molar-refractivity contribution in [3.63, 3.8) is 0 Å². The first-order valence-electron chi connectivity index (χ1n) is 8.10. The quantitative estimate of drug-likeness (QED) is 0.582. The summed E-state index contributed by atoms with van der Waals surface area (Å²) >= 11 is 0. The highest BCUT2D eigenvalue weighted by atomic mass is 16.5. The molecule has 0 aliphatic rings. The highest BCUT2D eigenvalue weighted by Crippen LogP contribution is 2.11. The van der Waals surface area contributed by atoms with Gasteiger partial charge in [-0.25, -0.2) is 0 Å². The zero-order valence-corrected chi connectivity index (χ0v) is 14.4. The molecular weight excluding hydrogens is 334 g/mol. The molecule has 0 saturated heterocycles. The van der Waals surface area contributed by atoms with Gasteiger partial charge in [0.15, 0.2) is 18.2 Å². The molecule has 0 saturated carbocycles. The second-order valence-electron chi connectivity index (χ2n) is 5.63. The fourth-order valence-electron chi connectivity index (χ4n) is 2.15. The van der Waals surface area contributed by atoms with Crippen LogP contribution >= 0.6 is 0 Å². The normalized spacial score (nSPS) is 10.0. The molecule has 0 radical (unpaired) electrons. The minimum atomic E-state index is -0.614. The molecule has 0 bridgehead atoms. The van der Waals surface area contributed by atoms with Crippen molar-refractivity contribution in [2.45, 2.75) is 19.8 Å². The summed E-state index contributed by atoms with van der Waals surface area (Å²) in [4.78, 5) is 46.5. The summed E-state index contributed by atoms with van der Waals surface area (Å²) in [6, 6.07) is 15.0. The fraction of sp³-hybridized carbons (Fsp3) is 0.200. The van der Waals surface area contributed by atoms with Gasteiger partial charge in [-0.1, -0.05) is 30.3 Å². The van der Waals surface area contributed by atoms with Crippen LogP contribution < -0.4 is 5.32 Å². The summed E-state index contributed by atoms with van der Waals surface area (Å²) in [5.41, 5.74) is 1.55. The van der Waals surface area contributed by atoms with Gasteiger partial charge in [0.1, 0.15) is 0 Å². The number of ketones is 2. The first-order valence-corrected chi connectivity index (χ1v) is 8.10. The van der Waals surface area contributed by atoms with Crippen LogP contribution in [0.1, 0.15) is 40.5 Å². The molecule has 0 aromatic heterocycles. The molecule has 2 rings (SSSR count). The number of esters is 1. The van der Waals surface area contributed by atoms with Crippen molar-refractivity contribution < 1.29 is 23.9 Å². The van der Waals surface area contributed by atoms with Crippen LogP contribution in [-0.2, 0) is 14.3 Å². The molecule has 0 heterocycles. The monoisotopic (exact) mass is 353 g/mol. The van der Waals surface area contributed by atoms with Gasteiger partial charge < -0.3 is 10.1 Å². The Labute approximate surface area is 151 Å². The standard InChI is InChI=1S/C20H19NO5/c1-14(22)15-7-9-17(10-8-15)21-19(24)11-12-20(25)26-13-18(23)16-5-3-2-4-6-16/h2-10H,11-13H2,1H3,(H,21,24). The van der Waals surface area contributed by atoms with E-state index in [0.717, 1.165) is 0 Å². The zero-order chi connectivity index (χ0) is 18.9. The summed E-state index contributed by atoms with van der Waals surface area (Å²) in [5, 5.41) is 2.63. The third kappa shape index (κ3) is 5.98. The van der Waals surface area contributed by atoms with Crippen LogP contribution in [0.15, 0.2) is 54.6 Å². The van der Waals surface area contributed by atoms with Crippen molar-refractivity contribution >= 4 is 29.1 Å². The minimum Gasteiger partial charge on any atom is -0.457 e. The SMILES string of the molecule is CC(=O)c1ccc(NC(=O)CCC(=O)OCC(=O)c2ccccc2)cc1. The number of rotatable bonds is 8. The summed E-state index contributed by atoms with van der Waals surface area (Å²) in [6.07, 6.45) is -0.188. The molecule has 0 fully saturated rings. The molecule has 26 heavy (non-hydrogen) atoms. The van der Waals surface area contributed by atoms with E-state index in [4.69, 9.17) is 4.74 Å². The van der Waals surface area contributed by atoms with E-state index < -0.39 is 5.97 Å². The lowest BCUT2D eigenvalue weighted by atomic mass is 10.1. The number of hydrogen-bond acceptors (Lipinski definition) is 5. The van der Waals surface area contributed by atoms with Crippen molar-refractivity contribution in [1.29, 1.82) is 0 Å². The molecule has 6 heteroatoms. The van der Waals surface area contributed by atoms with Crippen molar-refractivity contribution in [1.82, 2.24) is 0 Å². The van der Waals surface area contributed by atoms with Crippen LogP contribution in [0.2, 0.25) is 0 Å². The maximum absolute atomic E-state index is 11.8. The first-order chi connectivity index (χ1) is 12.5. The lowest BCUT2D eigenvalue weighted by Gasteiger charge is -2.06. The number of amides is 1. The number of benzene rings is 2. The zero-order valence-electron chi connectivity index (χ0n) is 14.4. The number of carbonyl (C=O) groups excluding carboxylic acids is 4. The lowest BCUT2D eigenvalue weighted by Crippen LogP contribution is -2.17. The molecule has 2 aromatic carbocycles. The number of carbonyl (C=O) groups is 4. The number of ether oxygens (including phenoxy) is 1. The van der Waals surface area contributed by atoms with Crippen LogP contribution in [0.3, 0.4) is 0 Å². The fourth-order valence-corrected chi connectivity index (χ4v) is 2.15. The van der Waals surface area contributed by atoms with Crippen LogP contribution in [0.4, 0.5) is 5.69 Å². The van der Waals surface area contributed by atoms with Gasteiger partial charge >= 0.3 is 5.97 Å². The van der Waals surface area contributed by atoms with E-state index in [9.17, 15) is 19.2 Å². The third-order valence-corrected chi connectivity index (χ3v) is 3.59. The molecular formula is C20H19NO5. The Morgan fingerprint density at radius 3 is 2.12 bits per heavy atom. The molecule has 0 unspecified atom stereocenters. The van der Waals surface area contributed by atoms with Crippen LogP contribution in [0.5, 0.6) is 0 Å². The summed E-state index contributed by atoms with van der Waals surface area (Å²) < 4.78 is 4.89. The Kier molecular flexibility index (Phi) is 6.79. The van der Waals surface area contributed by atoms with Gasteiger partial charge in [0.2, 0.25) is 5.91 Å². The summed E-state index contributed by atoms with van der Waals surface area (Å²) in [6.45, 7) is 1.11. The van der Waals surface area contributed by atoms with Gasteiger partial charge in [0, 0.05) is 23.2 Å². The molecule has 0 spiro atoms. The van der Waals surface area contributed by atoms with Crippen molar-refractivity contribution in [2.75, 3.05) is 11.9 Å². The topological polar surface area (TPSA) is 89.5 Å². The Balaban J connectivity index is 1.72.